The number of ether oxygens (including phenoxy) is 1. The van der Waals surface area contributed by atoms with Gasteiger partial charge < -0.3 is 9.84 Å². The maximum Gasteiger partial charge on any atom is 0.303 e. The first-order valence-corrected chi connectivity index (χ1v) is 10.1. The highest BCUT2D eigenvalue weighted by molar-refractivity contribution is 7.99. The second kappa shape index (κ2) is 9.22. The minimum absolute atomic E-state index is 0.0673. The molecule has 3 nitrogen and oxygen atoms in total. The summed E-state index contributed by atoms with van der Waals surface area (Å²) >= 11 is 1.28. The molecule has 0 bridgehead atoms. The van der Waals surface area contributed by atoms with Gasteiger partial charge in [0.15, 0.2) is 0 Å². The van der Waals surface area contributed by atoms with Crippen LogP contribution in [-0.2, 0) is 4.79 Å². The largest absolute Gasteiger partial charge is 0.490 e. The van der Waals surface area contributed by atoms with Crippen LogP contribution >= 0.6 is 11.8 Å². The highest BCUT2D eigenvalue weighted by Crippen LogP contribution is 2.36. The van der Waals surface area contributed by atoms with Crippen LogP contribution in [0, 0.1) is 11.6 Å². The third kappa shape index (κ3) is 5.45. The Morgan fingerprint density at radius 3 is 2.63 bits per heavy atom. The number of hydrogen-bond donors (Lipinski definition) is 1. The van der Waals surface area contributed by atoms with E-state index in [1.165, 1.54) is 30.0 Å². The van der Waals surface area contributed by atoms with Gasteiger partial charge in [0.1, 0.15) is 17.4 Å². The lowest BCUT2D eigenvalue weighted by Crippen LogP contribution is -2.11. The van der Waals surface area contributed by atoms with Crippen LogP contribution in [-0.4, -0.2) is 22.9 Å². The molecule has 0 spiro atoms. The van der Waals surface area contributed by atoms with Gasteiger partial charge in [0.05, 0.1) is 6.10 Å². The minimum Gasteiger partial charge on any atom is -0.490 e. The van der Waals surface area contributed by atoms with Crippen molar-refractivity contribution < 1.29 is 23.4 Å². The Morgan fingerprint density at radius 2 is 1.93 bits per heavy atom. The normalized spacial score (nSPS) is 14.4. The van der Waals surface area contributed by atoms with Crippen molar-refractivity contribution in [3.05, 3.63) is 48.0 Å². The van der Waals surface area contributed by atoms with E-state index in [9.17, 15) is 13.6 Å². The van der Waals surface area contributed by atoms with E-state index in [4.69, 9.17) is 9.84 Å². The Morgan fingerprint density at radius 1 is 1.15 bits per heavy atom. The van der Waals surface area contributed by atoms with E-state index in [0.717, 1.165) is 25.7 Å². The summed E-state index contributed by atoms with van der Waals surface area (Å²) in [6, 6.07) is 9.13. The summed E-state index contributed by atoms with van der Waals surface area (Å²) in [5.41, 5.74) is 1.11. The van der Waals surface area contributed by atoms with E-state index in [0.29, 0.717) is 33.9 Å². The average Bonchev–Trinajstić information content (AvgIpc) is 3.14. The van der Waals surface area contributed by atoms with Gasteiger partial charge in [-0.2, -0.15) is 0 Å². The molecule has 144 valence electrons. The molecule has 0 aliphatic heterocycles. The highest BCUT2D eigenvalue weighted by atomic mass is 32.2. The van der Waals surface area contributed by atoms with Crippen molar-refractivity contribution in [1.29, 1.82) is 0 Å². The summed E-state index contributed by atoms with van der Waals surface area (Å²) in [7, 11) is 0. The van der Waals surface area contributed by atoms with Crippen molar-refractivity contribution in [1.82, 2.24) is 0 Å². The summed E-state index contributed by atoms with van der Waals surface area (Å²) in [4.78, 5) is 11.0. The Hall–Kier alpha value is -2.08. The Bertz CT molecular complexity index is 804. The first kappa shape index (κ1) is 19.7. The lowest BCUT2D eigenvalue weighted by Gasteiger charge is -2.17. The Kier molecular flexibility index (Phi) is 6.72. The van der Waals surface area contributed by atoms with Gasteiger partial charge in [-0.15, -0.1) is 11.8 Å². The van der Waals surface area contributed by atoms with E-state index in [-0.39, 0.29) is 12.5 Å². The number of carbonyl (C=O) groups is 1. The van der Waals surface area contributed by atoms with E-state index < -0.39 is 17.6 Å². The number of rotatable bonds is 8. The third-order valence-electron chi connectivity index (χ3n) is 4.57. The molecule has 0 atom stereocenters. The van der Waals surface area contributed by atoms with Crippen LogP contribution in [0.3, 0.4) is 0 Å². The zero-order chi connectivity index (χ0) is 19.2. The summed E-state index contributed by atoms with van der Waals surface area (Å²) in [6.45, 7) is 0. The Labute approximate surface area is 161 Å². The molecule has 1 fully saturated rings. The molecule has 2 aromatic rings. The standard InChI is InChI=1S/C21H22F2O3S/c22-15-8-9-19(26-16-4-1-2-5-16)17(13-15)14-7-10-20(18(23)12-14)27-11-3-6-21(24)25/h7-10,12-13,16H,1-6,11H2,(H,24,25). The SMILES string of the molecule is O=C(O)CCCSc1ccc(-c2cc(F)ccc2OC2CCCC2)cc1F. The smallest absolute Gasteiger partial charge is 0.303 e. The van der Waals surface area contributed by atoms with E-state index >= 15 is 0 Å². The molecule has 0 amide bonds. The molecule has 3 rings (SSSR count). The molecule has 1 saturated carbocycles. The molecule has 0 saturated heterocycles. The lowest BCUT2D eigenvalue weighted by atomic mass is 10.0. The highest BCUT2D eigenvalue weighted by Gasteiger charge is 2.19. The summed E-state index contributed by atoms with van der Waals surface area (Å²) in [5.74, 6) is -0.546. The summed E-state index contributed by atoms with van der Waals surface area (Å²) in [6.07, 6.45) is 4.90. The molecule has 1 N–H and O–H groups in total. The molecule has 0 heterocycles. The van der Waals surface area contributed by atoms with Gasteiger partial charge in [-0.3, -0.25) is 4.79 Å². The van der Waals surface area contributed by atoms with Gasteiger partial charge in [0, 0.05) is 16.9 Å². The predicted octanol–water partition coefficient (Wildman–Crippen LogP) is 5.91. The topological polar surface area (TPSA) is 46.5 Å². The number of carboxylic acid groups (broad SMARTS) is 1. The molecule has 1 aliphatic rings. The molecular formula is C21H22F2O3S. The molecule has 2 aromatic carbocycles. The summed E-state index contributed by atoms with van der Waals surface area (Å²) < 4.78 is 34.3. The average molecular weight is 392 g/mol. The van der Waals surface area contributed by atoms with Crippen LogP contribution in [0.2, 0.25) is 0 Å². The molecule has 0 unspecified atom stereocenters. The van der Waals surface area contributed by atoms with Gasteiger partial charge >= 0.3 is 5.97 Å². The number of hydrogen-bond acceptors (Lipinski definition) is 3. The Balaban J connectivity index is 1.76. The molecule has 1 aliphatic carbocycles. The minimum atomic E-state index is -0.854. The maximum atomic E-state index is 14.5. The van der Waals surface area contributed by atoms with Crippen molar-refractivity contribution >= 4 is 17.7 Å². The van der Waals surface area contributed by atoms with Crippen LogP contribution in [0.1, 0.15) is 38.5 Å². The number of halogens is 2. The van der Waals surface area contributed by atoms with Crippen LogP contribution in [0.5, 0.6) is 5.75 Å². The fourth-order valence-corrected chi connectivity index (χ4v) is 4.08. The molecule has 0 radical (unpaired) electrons. The molecular weight excluding hydrogens is 370 g/mol. The maximum absolute atomic E-state index is 14.5. The van der Waals surface area contributed by atoms with E-state index in [1.54, 1.807) is 18.2 Å². The number of thioether (sulfide) groups is 1. The molecule has 27 heavy (non-hydrogen) atoms. The fourth-order valence-electron chi connectivity index (χ4n) is 3.21. The van der Waals surface area contributed by atoms with Gasteiger partial charge in [-0.25, -0.2) is 8.78 Å². The zero-order valence-corrected chi connectivity index (χ0v) is 15.7. The lowest BCUT2D eigenvalue weighted by molar-refractivity contribution is -0.137. The van der Waals surface area contributed by atoms with E-state index in [2.05, 4.69) is 0 Å². The fraction of sp³-hybridized carbons (Fsp3) is 0.381. The number of carboxylic acids is 1. The van der Waals surface area contributed by atoms with Gasteiger partial charge in [0.2, 0.25) is 0 Å². The first-order valence-electron chi connectivity index (χ1n) is 9.13. The van der Waals surface area contributed by atoms with Gasteiger partial charge in [-0.05, 0) is 73.8 Å². The second-order valence-electron chi connectivity index (χ2n) is 6.66. The van der Waals surface area contributed by atoms with Crippen LogP contribution in [0.15, 0.2) is 41.3 Å². The van der Waals surface area contributed by atoms with Crippen molar-refractivity contribution in [3.8, 4) is 16.9 Å². The first-order chi connectivity index (χ1) is 13.0. The third-order valence-corrected chi connectivity index (χ3v) is 5.71. The molecule has 0 aromatic heterocycles. The molecule has 6 heteroatoms. The monoisotopic (exact) mass is 392 g/mol. The van der Waals surface area contributed by atoms with Crippen molar-refractivity contribution in [2.75, 3.05) is 5.75 Å². The van der Waals surface area contributed by atoms with Crippen molar-refractivity contribution in [3.63, 3.8) is 0 Å². The van der Waals surface area contributed by atoms with Gasteiger partial charge in [-0.1, -0.05) is 6.07 Å². The van der Waals surface area contributed by atoms with Crippen LogP contribution < -0.4 is 4.74 Å². The quantitative estimate of drug-likeness (QED) is 0.448. The zero-order valence-electron chi connectivity index (χ0n) is 14.9. The predicted molar refractivity (Wildman–Crippen MR) is 102 cm³/mol. The second-order valence-corrected chi connectivity index (χ2v) is 7.79. The van der Waals surface area contributed by atoms with Crippen molar-refractivity contribution in [2.45, 2.75) is 49.5 Å². The van der Waals surface area contributed by atoms with Gasteiger partial charge in [0.25, 0.3) is 0 Å². The number of benzene rings is 2. The number of aliphatic carboxylic acids is 1. The van der Waals surface area contributed by atoms with Crippen LogP contribution in [0.25, 0.3) is 11.1 Å². The van der Waals surface area contributed by atoms with E-state index in [1.807, 2.05) is 0 Å². The van der Waals surface area contributed by atoms with Crippen LogP contribution in [0.4, 0.5) is 8.78 Å². The van der Waals surface area contributed by atoms with Crippen molar-refractivity contribution in [2.24, 2.45) is 0 Å². The summed E-state index contributed by atoms with van der Waals surface area (Å²) in [5, 5.41) is 8.65.